The molecule has 1 aliphatic carbocycles. The van der Waals surface area contributed by atoms with Crippen LogP contribution in [0.5, 0.6) is 28.7 Å². The zero-order valence-electron chi connectivity index (χ0n) is 22.2. The third kappa shape index (κ3) is 4.47. The summed E-state index contributed by atoms with van der Waals surface area (Å²) >= 11 is 0. The SMILES string of the molecule is COc1ccc(OC)c(C2Nc3ccccc3NC3=C2C(=O)CC(c2cc(OC)c(OC)c(OC)c2)C3)c1. The van der Waals surface area contributed by atoms with Crippen molar-refractivity contribution in [3.8, 4) is 28.7 Å². The molecular formula is C30H32N2O6. The predicted octanol–water partition coefficient (Wildman–Crippen LogP) is 5.71. The van der Waals surface area contributed by atoms with Gasteiger partial charge in [0, 0.05) is 23.3 Å². The fourth-order valence-electron chi connectivity index (χ4n) is 5.36. The van der Waals surface area contributed by atoms with Gasteiger partial charge in [-0.1, -0.05) is 12.1 Å². The highest BCUT2D eigenvalue weighted by Crippen LogP contribution is 2.48. The van der Waals surface area contributed by atoms with Crippen LogP contribution in [0.1, 0.15) is 35.9 Å². The normalized spacial score (nSPS) is 18.3. The number of fused-ring (bicyclic) bond motifs is 1. The Kier molecular flexibility index (Phi) is 7.05. The number of carbonyl (C=O) groups is 1. The van der Waals surface area contributed by atoms with Gasteiger partial charge in [-0.05, 0) is 60.4 Å². The Bertz CT molecular complexity index is 1370. The van der Waals surface area contributed by atoms with E-state index in [9.17, 15) is 4.79 Å². The number of nitrogens with one attached hydrogen (secondary N) is 2. The molecule has 198 valence electrons. The standard InChI is InChI=1S/C30H32N2O6/c1-34-19-10-11-25(35-2)20(16-19)29-28-23(31-21-8-6-7-9-22(21)32-29)12-17(13-24(28)33)18-14-26(36-3)30(38-5)27(15-18)37-4/h6-11,14-17,29,31-32H,12-13H2,1-5H3. The monoisotopic (exact) mass is 516 g/mol. The minimum absolute atomic E-state index is 0.0488. The van der Waals surface area contributed by atoms with Gasteiger partial charge in [0.15, 0.2) is 17.3 Å². The molecule has 0 aromatic heterocycles. The van der Waals surface area contributed by atoms with Crippen molar-refractivity contribution < 1.29 is 28.5 Å². The Balaban J connectivity index is 1.63. The van der Waals surface area contributed by atoms with E-state index in [0.717, 1.165) is 28.2 Å². The van der Waals surface area contributed by atoms with Crippen molar-refractivity contribution in [3.05, 3.63) is 77.0 Å². The number of hydrogen-bond acceptors (Lipinski definition) is 8. The Morgan fingerprint density at radius 1 is 0.737 bits per heavy atom. The lowest BCUT2D eigenvalue weighted by molar-refractivity contribution is -0.116. The smallest absolute Gasteiger partial charge is 0.203 e. The van der Waals surface area contributed by atoms with Gasteiger partial charge >= 0.3 is 0 Å². The molecule has 2 atom stereocenters. The number of para-hydroxylation sites is 2. The maximum atomic E-state index is 14.0. The van der Waals surface area contributed by atoms with Crippen LogP contribution in [0.15, 0.2) is 65.9 Å². The molecule has 0 radical (unpaired) electrons. The predicted molar refractivity (Wildman–Crippen MR) is 146 cm³/mol. The van der Waals surface area contributed by atoms with Crippen molar-refractivity contribution in [1.29, 1.82) is 0 Å². The lowest BCUT2D eigenvalue weighted by Gasteiger charge is -2.31. The van der Waals surface area contributed by atoms with Gasteiger partial charge < -0.3 is 34.3 Å². The summed E-state index contributed by atoms with van der Waals surface area (Å²) in [6.07, 6.45) is 0.957. The van der Waals surface area contributed by atoms with Crippen LogP contribution < -0.4 is 34.3 Å². The van der Waals surface area contributed by atoms with Crippen LogP contribution in [0.2, 0.25) is 0 Å². The van der Waals surface area contributed by atoms with E-state index in [1.54, 1.807) is 35.5 Å². The fourth-order valence-corrected chi connectivity index (χ4v) is 5.36. The molecule has 8 nitrogen and oxygen atoms in total. The molecule has 38 heavy (non-hydrogen) atoms. The van der Waals surface area contributed by atoms with Crippen LogP contribution in [0.4, 0.5) is 11.4 Å². The largest absolute Gasteiger partial charge is 0.497 e. The molecule has 5 rings (SSSR count). The highest BCUT2D eigenvalue weighted by atomic mass is 16.5. The van der Waals surface area contributed by atoms with E-state index >= 15 is 0 Å². The molecule has 0 saturated heterocycles. The molecule has 3 aromatic carbocycles. The summed E-state index contributed by atoms with van der Waals surface area (Å²) in [4.78, 5) is 14.0. The lowest BCUT2D eigenvalue weighted by Crippen LogP contribution is -2.27. The molecule has 1 heterocycles. The second kappa shape index (κ2) is 10.6. The molecule has 8 heteroatoms. The number of methoxy groups -OCH3 is 5. The number of ketones is 1. The number of Topliss-reactive ketones (excluding diaryl/α,β-unsaturated/α-hetero) is 1. The van der Waals surface area contributed by atoms with E-state index in [-0.39, 0.29) is 11.7 Å². The Labute approximate surface area is 222 Å². The number of carbonyl (C=O) groups excluding carboxylic acids is 1. The number of hydrogen-bond donors (Lipinski definition) is 2. The van der Waals surface area contributed by atoms with Gasteiger partial charge in [-0.3, -0.25) is 4.79 Å². The van der Waals surface area contributed by atoms with Crippen molar-refractivity contribution in [2.45, 2.75) is 24.8 Å². The Morgan fingerprint density at radius 2 is 1.42 bits per heavy atom. The van der Waals surface area contributed by atoms with Crippen LogP contribution in [-0.2, 0) is 4.79 Å². The van der Waals surface area contributed by atoms with Crippen molar-refractivity contribution in [2.24, 2.45) is 0 Å². The van der Waals surface area contributed by atoms with E-state index in [4.69, 9.17) is 23.7 Å². The van der Waals surface area contributed by atoms with Crippen molar-refractivity contribution in [1.82, 2.24) is 0 Å². The van der Waals surface area contributed by atoms with E-state index in [1.165, 1.54) is 0 Å². The minimum atomic E-state index is -0.431. The topological polar surface area (TPSA) is 87.3 Å². The zero-order chi connectivity index (χ0) is 26.8. The van der Waals surface area contributed by atoms with Gasteiger partial charge in [-0.25, -0.2) is 0 Å². The molecule has 0 spiro atoms. The van der Waals surface area contributed by atoms with Crippen LogP contribution in [0, 0.1) is 0 Å². The maximum absolute atomic E-state index is 14.0. The molecule has 2 aliphatic rings. The van der Waals surface area contributed by atoms with Gasteiger partial charge in [-0.15, -0.1) is 0 Å². The summed E-state index contributed by atoms with van der Waals surface area (Å²) in [6, 6.07) is 17.0. The molecule has 3 aromatic rings. The highest BCUT2D eigenvalue weighted by molar-refractivity contribution is 6.01. The van der Waals surface area contributed by atoms with Crippen molar-refractivity contribution in [2.75, 3.05) is 46.2 Å². The molecule has 0 saturated carbocycles. The van der Waals surface area contributed by atoms with Crippen LogP contribution in [0.3, 0.4) is 0 Å². The third-order valence-corrected chi connectivity index (χ3v) is 7.22. The fraction of sp³-hybridized carbons (Fsp3) is 0.300. The summed E-state index contributed by atoms with van der Waals surface area (Å²) in [5.41, 5.74) is 5.14. The van der Waals surface area contributed by atoms with E-state index in [0.29, 0.717) is 47.2 Å². The first kappa shape index (κ1) is 25.3. The quantitative estimate of drug-likeness (QED) is 0.413. The van der Waals surface area contributed by atoms with Crippen molar-refractivity contribution >= 4 is 17.2 Å². The summed E-state index contributed by atoms with van der Waals surface area (Å²) in [5, 5.41) is 7.18. The molecular weight excluding hydrogens is 484 g/mol. The van der Waals surface area contributed by atoms with Crippen LogP contribution in [0.25, 0.3) is 0 Å². The third-order valence-electron chi connectivity index (χ3n) is 7.22. The van der Waals surface area contributed by atoms with Gasteiger partial charge in [0.05, 0.1) is 53.0 Å². The molecule has 0 amide bonds. The molecule has 1 aliphatic heterocycles. The summed E-state index contributed by atoms with van der Waals surface area (Å²) in [5.74, 6) is 2.98. The van der Waals surface area contributed by atoms with E-state index < -0.39 is 6.04 Å². The maximum Gasteiger partial charge on any atom is 0.203 e. The summed E-state index contributed by atoms with van der Waals surface area (Å²) in [7, 11) is 8.02. The lowest BCUT2D eigenvalue weighted by atomic mass is 9.78. The average molecular weight is 517 g/mol. The minimum Gasteiger partial charge on any atom is -0.497 e. The number of benzene rings is 3. The van der Waals surface area contributed by atoms with Crippen molar-refractivity contribution in [3.63, 3.8) is 0 Å². The average Bonchev–Trinajstić information content (AvgIpc) is 3.12. The number of rotatable bonds is 7. The van der Waals surface area contributed by atoms with Crippen LogP contribution >= 0.6 is 0 Å². The van der Waals surface area contributed by atoms with Gasteiger partial charge in [0.25, 0.3) is 0 Å². The van der Waals surface area contributed by atoms with Gasteiger partial charge in [-0.2, -0.15) is 0 Å². The molecule has 0 fully saturated rings. The molecule has 0 bridgehead atoms. The van der Waals surface area contributed by atoms with Gasteiger partial charge in [0.2, 0.25) is 5.75 Å². The van der Waals surface area contributed by atoms with Gasteiger partial charge in [0.1, 0.15) is 11.5 Å². The first-order chi connectivity index (χ1) is 18.5. The first-order valence-corrected chi connectivity index (χ1v) is 12.4. The van der Waals surface area contributed by atoms with Crippen LogP contribution in [-0.4, -0.2) is 41.3 Å². The number of allylic oxidation sites excluding steroid dienone is 1. The first-order valence-electron chi connectivity index (χ1n) is 12.4. The Morgan fingerprint density at radius 3 is 2.05 bits per heavy atom. The highest BCUT2D eigenvalue weighted by Gasteiger charge is 2.37. The molecule has 2 N–H and O–H groups in total. The van der Waals surface area contributed by atoms with E-state index in [1.807, 2.05) is 54.6 Å². The van der Waals surface area contributed by atoms with E-state index in [2.05, 4.69) is 10.6 Å². The summed E-state index contributed by atoms with van der Waals surface area (Å²) in [6.45, 7) is 0. The summed E-state index contributed by atoms with van der Waals surface area (Å²) < 4.78 is 27.9. The molecule has 2 unspecified atom stereocenters. The number of ether oxygens (including phenoxy) is 5. The Hall–Kier alpha value is -4.33. The zero-order valence-corrected chi connectivity index (χ0v) is 22.2. The second-order valence-corrected chi connectivity index (χ2v) is 9.24. The second-order valence-electron chi connectivity index (χ2n) is 9.24. The number of anilines is 2.